The van der Waals surface area contributed by atoms with E-state index in [1.807, 2.05) is 39.3 Å². The molecule has 100 valence electrons. The van der Waals surface area contributed by atoms with E-state index in [-0.39, 0.29) is 5.28 Å². The summed E-state index contributed by atoms with van der Waals surface area (Å²) in [6.07, 6.45) is 1.82. The molecular weight excluding hydrogens is 264 g/mol. The molecule has 0 saturated heterocycles. The Kier molecular flexibility index (Phi) is 4.11. The van der Waals surface area contributed by atoms with Crippen LogP contribution < -0.4 is 10.2 Å². The number of aryl methyl sites for hydroxylation is 1. The van der Waals surface area contributed by atoms with Gasteiger partial charge in [0.1, 0.15) is 0 Å². The van der Waals surface area contributed by atoms with Gasteiger partial charge in [0, 0.05) is 32.5 Å². The van der Waals surface area contributed by atoms with Gasteiger partial charge in [0.2, 0.25) is 17.2 Å². The second kappa shape index (κ2) is 5.79. The Labute approximate surface area is 116 Å². The van der Waals surface area contributed by atoms with Crippen LogP contribution in [0, 0.1) is 6.92 Å². The van der Waals surface area contributed by atoms with Crippen molar-refractivity contribution >= 4 is 23.5 Å². The summed E-state index contributed by atoms with van der Waals surface area (Å²) in [4.78, 5) is 18.3. The van der Waals surface area contributed by atoms with E-state index in [2.05, 4.69) is 25.3 Å². The highest BCUT2D eigenvalue weighted by Gasteiger charge is 2.06. The SMILES string of the molecule is Cc1ccc(CNc2nc(Cl)nc(N(C)C)n2)cn1. The van der Waals surface area contributed by atoms with Crippen molar-refractivity contribution in [3.8, 4) is 0 Å². The molecule has 7 heteroatoms. The zero-order valence-electron chi connectivity index (χ0n) is 11.1. The maximum Gasteiger partial charge on any atom is 0.230 e. The number of pyridine rings is 1. The van der Waals surface area contributed by atoms with Crippen LogP contribution >= 0.6 is 11.6 Å². The van der Waals surface area contributed by atoms with E-state index in [0.29, 0.717) is 18.4 Å². The van der Waals surface area contributed by atoms with Gasteiger partial charge in [-0.2, -0.15) is 15.0 Å². The Morgan fingerprint density at radius 1 is 1.21 bits per heavy atom. The fraction of sp³-hybridized carbons (Fsp3) is 0.333. The summed E-state index contributed by atoms with van der Waals surface area (Å²) in [5.74, 6) is 0.966. The van der Waals surface area contributed by atoms with Crippen LogP contribution in [-0.4, -0.2) is 34.0 Å². The van der Waals surface area contributed by atoms with E-state index in [1.54, 1.807) is 4.90 Å². The molecule has 0 aromatic carbocycles. The van der Waals surface area contributed by atoms with Crippen LogP contribution in [0.1, 0.15) is 11.3 Å². The lowest BCUT2D eigenvalue weighted by atomic mass is 10.2. The van der Waals surface area contributed by atoms with Crippen molar-refractivity contribution in [2.45, 2.75) is 13.5 Å². The molecule has 6 nitrogen and oxygen atoms in total. The number of nitrogens with one attached hydrogen (secondary N) is 1. The van der Waals surface area contributed by atoms with Gasteiger partial charge >= 0.3 is 0 Å². The molecule has 0 bridgehead atoms. The molecule has 0 spiro atoms. The van der Waals surface area contributed by atoms with Crippen LogP contribution in [0.25, 0.3) is 0 Å². The molecule has 0 fully saturated rings. The van der Waals surface area contributed by atoms with Crippen LogP contribution in [0.15, 0.2) is 18.3 Å². The van der Waals surface area contributed by atoms with E-state index < -0.39 is 0 Å². The molecule has 0 atom stereocenters. The number of nitrogens with zero attached hydrogens (tertiary/aromatic N) is 5. The number of rotatable bonds is 4. The third-order valence-corrected chi connectivity index (χ3v) is 2.59. The average Bonchev–Trinajstić information content (AvgIpc) is 2.37. The first-order chi connectivity index (χ1) is 9.04. The largest absolute Gasteiger partial charge is 0.350 e. The summed E-state index contributed by atoms with van der Waals surface area (Å²) in [5, 5.41) is 3.27. The fourth-order valence-electron chi connectivity index (χ4n) is 1.40. The van der Waals surface area contributed by atoms with E-state index in [9.17, 15) is 0 Å². The Bertz CT molecular complexity index is 555. The standard InChI is InChI=1S/C12H15ClN6/c1-8-4-5-9(6-14-8)7-15-11-16-10(13)17-12(18-11)19(2)3/h4-6H,7H2,1-3H3,(H,15,16,17,18). The summed E-state index contributed by atoms with van der Waals surface area (Å²) in [6.45, 7) is 2.53. The van der Waals surface area contributed by atoms with Gasteiger partial charge in [-0.1, -0.05) is 6.07 Å². The van der Waals surface area contributed by atoms with Crippen molar-refractivity contribution in [1.29, 1.82) is 0 Å². The third kappa shape index (κ3) is 3.75. The molecule has 2 aromatic heterocycles. The summed E-state index contributed by atoms with van der Waals surface area (Å²) in [7, 11) is 3.69. The summed E-state index contributed by atoms with van der Waals surface area (Å²) in [5.41, 5.74) is 2.04. The second-order valence-corrected chi connectivity index (χ2v) is 4.62. The highest BCUT2D eigenvalue weighted by atomic mass is 35.5. The second-order valence-electron chi connectivity index (χ2n) is 4.28. The maximum atomic E-state index is 5.86. The summed E-state index contributed by atoms with van der Waals surface area (Å²) >= 11 is 5.86. The number of aromatic nitrogens is 4. The predicted molar refractivity (Wildman–Crippen MR) is 75.5 cm³/mol. The first-order valence-electron chi connectivity index (χ1n) is 5.79. The molecule has 0 aliphatic rings. The number of halogens is 1. The van der Waals surface area contributed by atoms with E-state index in [0.717, 1.165) is 11.3 Å². The lowest BCUT2D eigenvalue weighted by molar-refractivity contribution is 0.940. The Morgan fingerprint density at radius 3 is 2.63 bits per heavy atom. The molecule has 2 heterocycles. The van der Waals surface area contributed by atoms with Crippen molar-refractivity contribution < 1.29 is 0 Å². The average molecular weight is 279 g/mol. The molecule has 0 radical (unpaired) electrons. The van der Waals surface area contributed by atoms with Gasteiger partial charge in [-0.3, -0.25) is 4.98 Å². The van der Waals surface area contributed by atoms with Crippen molar-refractivity contribution in [2.75, 3.05) is 24.3 Å². The molecule has 0 unspecified atom stereocenters. The van der Waals surface area contributed by atoms with E-state index >= 15 is 0 Å². The molecule has 19 heavy (non-hydrogen) atoms. The predicted octanol–water partition coefficient (Wildman–Crippen LogP) is 1.91. The quantitative estimate of drug-likeness (QED) is 0.921. The minimum absolute atomic E-state index is 0.170. The van der Waals surface area contributed by atoms with Gasteiger partial charge in [-0.05, 0) is 30.2 Å². The zero-order valence-corrected chi connectivity index (χ0v) is 11.8. The molecule has 2 rings (SSSR count). The topological polar surface area (TPSA) is 66.8 Å². The highest BCUT2D eigenvalue weighted by molar-refractivity contribution is 6.28. The van der Waals surface area contributed by atoms with Crippen LogP contribution in [0.5, 0.6) is 0 Å². The van der Waals surface area contributed by atoms with E-state index in [4.69, 9.17) is 11.6 Å². The summed E-state index contributed by atoms with van der Waals surface area (Å²) in [6, 6.07) is 3.97. The molecule has 0 aliphatic heterocycles. The van der Waals surface area contributed by atoms with E-state index in [1.165, 1.54) is 0 Å². The smallest absolute Gasteiger partial charge is 0.230 e. The Hall–Kier alpha value is -1.95. The fourth-order valence-corrected chi connectivity index (χ4v) is 1.56. The van der Waals surface area contributed by atoms with Gasteiger partial charge in [-0.15, -0.1) is 0 Å². The number of anilines is 2. The van der Waals surface area contributed by atoms with Gasteiger partial charge in [-0.25, -0.2) is 0 Å². The van der Waals surface area contributed by atoms with Crippen LogP contribution in [0.2, 0.25) is 5.28 Å². The molecule has 0 aliphatic carbocycles. The van der Waals surface area contributed by atoms with Crippen molar-refractivity contribution in [3.05, 3.63) is 34.9 Å². The van der Waals surface area contributed by atoms with Crippen LogP contribution in [0.4, 0.5) is 11.9 Å². The van der Waals surface area contributed by atoms with Gasteiger partial charge in [0.15, 0.2) is 0 Å². The van der Waals surface area contributed by atoms with Crippen molar-refractivity contribution in [2.24, 2.45) is 0 Å². The highest BCUT2D eigenvalue weighted by Crippen LogP contribution is 2.12. The van der Waals surface area contributed by atoms with Crippen molar-refractivity contribution in [3.63, 3.8) is 0 Å². The Balaban J connectivity index is 2.08. The molecule has 0 amide bonds. The first-order valence-corrected chi connectivity index (χ1v) is 6.16. The van der Waals surface area contributed by atoms with Gasteiger partial charge in [0.05, 0.1) is 0 Å². The molecular formula is C12H15ClN6. The van der Waals surface area contributed by atoms with Gasteiger partial charge < -0.3 is 10.2 Å². The van der Waals surface area contributed by atoms with Crippen LogP contribution in [0.3, 0.4) is 0 Å². The minimum atomic E-state index is 0.170. The minimum Gasteiger partial charge on any atom is -0.350 e. The third-order valence-electron chi connectivity index (χ3n) is 2.42. The van der Waals surface area contributed by atoms with Crippen LogP contribution in [-0.2, 0) is 6.54 Å². The first kappa shape index (κ1) is 13.5. The van der Waals surface area contributed by atoms with Gasteiger partial charge in [0.25, 0.3) is 0 Å². The lowest BCUT2D eigenvalue weighted by Crippen LogP contribution is -2.15. The van der Waals surface area contributed by atoms with Crippen molar-refractivity contribution in [1.82, 2.24) is 19.9 Å². The number of hydrogen-bond donors (Lipinski definition) is 1. The monoisotopic (exact) mass is 278 g/mol. The molecule has 2 aromatic rings. The lowest BCUT2D eigenvalue weighted by Gasteiger charge is -2.11. The summed E-state index contributed by atoms with van der Waals surface area (Å²) < 4.78 is 0. The molecule has 1 N–H and O–H groups in total. The Morgan fingerprint density at radius 2 is 2.00 bits per heavy atom. The number of hydrogen-bond acceptors (Lipinski definition) is 6. The zero-order chi connectivity index (χ0) is 13.8. The normalized spacial score (nSPS) is 10.3. The molecule has 0 saturated carbocycles. The maximum absolute atomic E-state index is 5.86.